The van der Waals surface area contributed by atoms with Gasteiger partial charge in [-0.05, 0) is 55.0 Å². The molecule has 1 aromatic carbocycles. The summed E-state index contributed by atoms with van der Waals surface area (Å²) in [4.78, 5) is 30.6. The number of nitrogens with one attached hydrogen (secondary N) is 2. The lowest BCUT2D eigenvalue weighted by Gasteiger charge is -2.30. The van der Waals surface area contributed by atoms with Crippen molar-refractivity contribution in [1.82, 2.24) is 15.2 Å². The number of hydrogen-bond donors (Lipinski definition) is 2. The Labute approximate surface area is 166 Å². The number of anilines is 1. The summed E-state index contributed by atoms with van der Waals surface area (Å²) in [5, 5.41) is 5.91. The van der Waals surface area contributed by atoms with Crippen molar-refractivity contribution in [2.24, 2.45) is 5.92 Å². The summed E-state index contributed by atoms with van der Waals surface area (Å²) in [7, 11) is 1.63. The monoisotopic (exact) mass is 380 g/mol. The van der Waals surface area contributed by atoms with Gasteiger partial charge in [-0.3, -0.25) is 9.59 Å². The highest BCUT2D eigenvalue weighted by Crippen LogP contribution is 2.18. The maximum atomic E-state index is 12.6. The smallest absolute Gasteiger partial charge is 0.255 e. The van der Waals surface area contributed by atoms with Crippen molar-refractivity contribution in [2.75, 3.05) is 32.0 Å². The molecule has 2 aromatic rings. The summed E-state index contributed by atoms with van der Waals surface area (Å²) < 4.78 is 0. The lowest BCUT2D eigenvalue weighted by Crippen LogP contribution is -2.37. The molecule has 28 heavy (non-hydrogen) atoms. The molecule has 1 aliphatic rings. The van der Waals surface area contributed by atoms with Gasteiger partial charge >= 0.3 is 0 Å². The molecule has 6 heteroatoms. The Kier molecular flexibility index (Phi) is 6.63. The second-order valence-corrected chi connectivity index (χ2v) is 7.36. The van der Waals surface area contributed by atoms with Crippen LogP contribution in [0.3, 0.4) is 0 Å². The highest BCUT2D eigenvalue weighted by Gasteiger charge is 2.21. The van der Waals surface area contributed by atoms with Crippen LogP contribution in [0.5, 0.6) is 0 Å². The molecule has 2 amide bonds. The van der Waals surface area contributed by atoms with Gasteiger partial charge in [0, 0.05) is 38.4 Å². The standard InChI is InChI=1S/C22H28N4O2/c1-16-9-12-26(13-10-16)22(28)19-6-7-20(25-15-19)24-11-8-17-4-3-5-18(14-17)21(27)23-2/h3-7,14-16H,8-13H2,1-2H3,(H,23,27)(H,24,25). The summed E-state index contributed by atoms with van der Waals surface area (Å²) in [6.45, 7) is 4.59. The third kappa shape index (κ3) is 5.09. The lowest BCUT2D eigenvalue weighted by atomic mass is 9.99. The van der Waals surface area contributed by atoms with E-state index in [-0.39, 0.29) is 11.8 Å². The normalized spacial score (nSPS) is 14.6. The first-order valence-corrected chi connectivity index (χ1v) is 9.87. The maximum Gasteiger partial charge on any atom is 0.255 e. The predicted octanol–water partition coefficient (Wildman–Crippen LogP) is 2.97. The van der Waals surface area contributed by atoms with Crippen molar-refractivity contribution in [3.05, 3.63) is 59.3 Å². The summed E-state index contributed by atoms with van der Waals surface area (Å²) in [6.07, 6.45) is 4.56. The number of hydrogen-bond acceptors (Lipinski definition) is 4. The van der Waals surface area contributed by atoms with Gasteiger partial charge in [-0.1, -0.05) is 19.1 Å². The Balaban J connectivity index is 1.51. The molecule has 2 heterocycles. The molecule has 0 atom stereocenters. The Morgan fingerprint density at radius 3 is 2.61 bits per heavy atom. The zero-order valence-corrected chi connectivity index (χ0v) is 16.6. The molecule has 2 N–H and O–H groups in total. The van der Waals surface area contributed by atoms with Crippen molar-refractivity contribution in [2.45, 2.75) is 26.2 Å². The quantitative estimate of drug-likeness (QED) is 0.808. The minimum absolute atomic E-state index is 0.0666. The molecule has 1 saturated heterocycles. The van der Waals surface area contributed by atoms with Crippen molar-refractivity contribution in [3.63, 3.8) is 0 Å². The number of piperidine rings is 1. The molecular weight excluding hydrogens is 352 g/mol. The number of carbonyl (C=O) groups is 2. The fraction of sp³-hybridized carbons (Fsp3) is 0.409. The second kappa shape index (κ2) is 9.35. The van der Waals surface area contributed by atoms with E-state index in [1.54, 1.807) is 19.3 Å². The number of likely N-dealkylation sites (tertiary alicyclic amines) is 1. The van der Waals surface area contributed by atoms with Crippen LogP contribution in [0.2, 0.25) is 0 Å². The number of pyridine rings is 1. The molecule has 0 radical (unpaired) electrons. The van der Waals surface area contributed by atoms with Crippen LogP contribution in [-0.2, 0) is 6.42 Å². The number of carbonyl (C=O) groups excluding carboxylic acids is 2. The molecule has 0 saturated carbocycles. The topological polar surface area (TPSA) is 74.3 Å². The molecule has 1 fully saturated rings. The SMILES string of the molecule is CNC(=O)c1cccc(CCNc2ccc(C(=O)N3CCC(C)CC3)cn2)c1. The van der Waals surface area contributed by atoms with Gasteiger partial charge in [-0.15, -0.1) is 0 Å². The third-order valence-electron chi connectivity index (χ3n) is 5.22. The van der Waals surface area contributed by atoms with Gasteiger partial charge in [0.1, 0.15) is 5.82 Å². The van der Waals surface area contributed by atoms with Crippen LogP contribution in [-0.4, -0.2) is 48.4 Å². The average molecular weight is 380 g/mol. The number of rotatable bonds is 6. The third-order valence-corrected chi connectivity index (χ3v) is 5.22. The molecule has 6 nitrogen and oxygen atoms in total. The molecule has 1 aromatic heterocycles. The van der Waals surface area contributed by atoms with Crippen molar-refractivity contribution >= 4 is 17.6 Å². The average Bonchev–Trinajstić information content (AvgIpc) is 2.74. The molecule has 0 aliphatic carbocycles. The molecule has 1 aliphatic heterocycles. The minimum Gasteiger partial charge on any atom is -0.370 e. The Morgan fingerprint density at radius 2 is 1.93 bits per heavy atom. The van der Waals surface area contributed by atoms with E-state index in [2.05, 4.69) is 22.5 Å². The summed E-state index contributed by atoms with van der Waals surface area (Å²) in [5.41, 5.74) is 2.38. The van der Waals surface area contributed by atoms with E-state index < -0.39 is 0 Å². The molecule has 0 bridgehead atoms. The minimum atomic E-state index is -0.0834. The predicted molar refractivity (Wildman–Crippen MR) is 111 cm³/mol. The summed E-state index contributed by atoms with van der Waals surface area (Å²) in [5.74, 6) is 1.42. The number of amides is 2. The van der Waals surface area contributed by atoms with E-state index in [0.29, 0.717) is 23.6 Å². The van der Waals surface area contributed by atoms with Crippen LogP contribution < -0.4 is 10.6 Å². The second-order valence-electron chi connectivity index (χ2n) is 7.36. The number of benzene rings is 1. The largest absolute Gasteiger partial charge is 0.370 e. The first kappa shape index (κ1) is 19.9. The zero-order valence-electron chi connectivity index (χ0n) is 16.6. The van der Waals surface area contributed by atoms with E-state index in [9.17, 15) is 9.59 Å². The summed E-state index contributed by atoms with van der Waals surface area (Å²) >= 11 is 0. The van der Waals surface area contributed by atoms with Gasteiger partial charge in [-0.2, -0.15) is 0 Å². The van der Waals surface area contributed by atoms with Crippen LogP contribution in [0.4, 0.5) is 5.82 Å². The van der Waals surface area contributed by atoms with Gasteiger partial charge in [0.2, 0.25) is 0 Å². The number of aromatic nitrogens is 1. The highest BCUT2D eigenvalue weighted by atomic mass is 16.2. The highest BCUT2D eigenvalue weighted by molar-refractivity contribution is 5.94. The van der Waals surface area contributed by atoms with E-state index in [1.165, 1.54) is 0 Å². The van der Waals surface area contributed by atoms with Gasteiger partial charge < -0.3 is 15.5 Å². The number of nitrogens with zero attached hydrogens (tertiary/aromatic N) is 2. The molecule has 0 unspecified atom stereocenters. The van der Waals surface area contributed by atoms with Crippen LogP contribution in [0.1, 0.15) is 46.0 Å². The van der Waals surface area contributed by atoms with Crippen LogP contribution in [0.25, 0.3) is 0 Å². The van der Waals surface area contributed by atoms with Crippen LogP contribution in [0.15, 0.2) is 42.6 Å². The van der Waals surface area contributed by atoms with Crippen molar-refractivity contribution < 1.29 is 9.59 Å². The zero-order chi connectivity index (χ0) is 19.9. The van der Waals surface area contributed by atoms with E-state index in [0.717, 1.165) is 43.7 Å². The van der Waals surface area contributed by atoms with Crippen molar-refractivity contribution in [3.8, 4) is 0 Å². The molecular formula is C22H28N4O2. The summed E-state index contributed by atoms with van der Waals surface area (Å²) in [6, 6.07) is 11.3. The molecule has 0 spiro atoms. The first-order valence-electron chi connectivity index (χ1n) is 9.87. The fourth-order valence-electron chi connectivity index (χ4n) is 3.37. The van der Waals surface area contributed by atoms with Gasteiger partial charge in [0.05, 0.1) is 5.56 Å². The van der Waals surface area contributed by atoms with E-state index in [1.807, 2.05) is 35.2 Å². The van der Waals surface area contributed by atoms with Gasteiger partial charge in [0.15, 0.2) is 0 Å². The van der Waals surface area contributed by atoms with Crippen LogP contribution >= 0.6 is 0 Å². The Hall–Kier alpha value is -2.89. The Morgan fingerprint density at radius 1 is 1.14 bits per heavy atom. The van der Waals surface area contributed by atoms with Crippen molar-refractivity contribution in [1.29, 1.82) is 0 Å². The van der Waals surface area contributed by atoms with Crippen LogP contribution in [0, 0.1) is 5.92 Å². The molecule has 148 valence electrons. The first-order chi connectivity index (χ1) is 13.6. The van der Waals surface area contributed by atoms with Gasteiger partial charge in [-0.25, -0.2) is 4.98 Å². The fourth-order valence-corrected chi connectivity index (χ4v) is 3.37. The van der Waals surface area contributed by atoms with Gasteiger partial charge in [0.25, 0.3) is 11.8 Å². The lowest BCUT2D eigenvalue weighted by molar-refractivity contribution is 0.0696. The van der Waals surface area contributed by atoms with E-state index in [4.69, 9.17) is 0 Å². The molecule has 3 rings (SSSR count). The van der Waals surface area contributed by atoms with E-state index >= 15 is 0 Å². The Bertz CT molecular complexity index is 812. The maximum absolute atomic E-state index is 12.6.